The molecule has 0 aliphatic rings. The van der Waals surface area contributed by atoms with Crippen LogP contribution in [0.3, 0.4) is 0 Å². The number of hydrogen-bond acceptors (Lipinski definition) is 3. The molecule has 2 N–H and O–H groups in total. The molecule has 0 aliphatic heterocycles. The van der Waals surface area contributed by atoms with Crippen molar-refractivity contribution < 1.29 is 14.7 Å². The van der Waals surface area contributed by atoms with Crippen molar-refractivity contribution in [2.75, 3.05) is 6.54 Å². The molecule has 1 aromatic rings. The van der Waals surface area contributed by atoms with E-state index in [1.54, 1.807) is 20.8 Å². The predicted octanol–water partition coefficient (Wildman–Crippen LogP) is 2.07. The van der Waals surface area contributed by atoms with Crippen LogP contribution < -0.4 is 5.32 Å². The summed E-state index contributed by atoms with van der Waals surface area (Å²) >= 11 is 0. The smallest absolute Gasteiger partial charge is 0.339 e. The van der Waals surface area contributed by atoms with Gasteiger partial charge in [0.2, 0.25) is 5.91 Å². The van der Waals surface area contributed by atoms with Crippen LogP contribution in [0.15, 0.2) is 0 Å². The average Bonchev–Trinajstić information content (AvgIpc) is 2.68. The number of carbonyl (C=O) groups is 2. The van der Waals surface area contributed by atoms with E-state index in [2.05, 4.69) is 17.3 Å². The summed E-state index contributed by atoms with van der Waals surface area (Å²) in [7, 11) is 0. The van der Waals surface area contributed by atoms with Gasteiger partial charge in [-0.25, -0.2) is 4.79 Å². The SMILES string of the molecule is CCCCCNC(=O)C(C)n1nc(C)c(C(=O)O)c1C. The standard InChI is InChI=1S/C14H23N3O3/c1-5-6-7-8-15-13(18)11(4)17-10(3)12(14(19)20)9(2)16-17/h11H,5-8H2,1-4H3,(H,15,18)(H,19,20). The van der Waals surface area contributed by atoms with E-state index in [1.165, 1.54) is 4.68 Å². The summed E-state index contributed by atoms with van der Waals surface area (Å²) in [5.74, 6) is -1.15. The number of aromatic carboxylic acids is 1. The topological polar surface area (TPSA) is 84.2 Å². The van der Waals surface area contributed by atoms with Crippen LogP contribution in [0.1, 0.15) is 60.9 Å². The third-order valence-electron chi connectivity index (χ3n) is 3.36. The molecule has 0 aliphatic carbocycles. The number of aromatic nitrogens is 2. The molecule has 112 valence electrons. The molecule has 0 aromatic carbocycles. The van der Waals surface area contributed by atoms with Crippen molar-refractivity contribution in [2.45, 2.75) is 53.0 Å². The third-order valence-corrected chi connectivity index (χ3v) is 3.36. The van der Waals surface area contributed by atoms with E-state index in [0.29, 0.717) is 17.9 Å². The second-order valence-electron chi connectivity index (χ2n) is 4.97. The second kappa shape index (κ2) is 7.07. The summed E-state index contributed by atoms with van der Waals surface area (Å²) in [6.07, 6.45) is 3.13. The molecule has 1 heterocycles. The highest BCUT2D eigenvalue weighted by molar-refractivity contribution is 5.90. The molecule has 6 nitrogen and oxygen atoms in total. The highest BCUT2D eigenvalue weighted by Gasteiger charge is 2.23. The van der Waals surface area contributed by atoms with E-state index in [0.717, 1.165) is 19.3 Å². The first-order valence-electron chi connectivity index (χ1n) is 6.96. The van der Waals surface area contributed by atoms with Gasteiger partial charge in [0.15, 0.2) is 0 Å². The van der Waals surface area contributed by atoms with Crippen molar-refractivity contribution in [2.24, 2.45) is 0 Å². The lowest BCUT2D eigenvalue weighted by Gasteiger charge is -2.14. The van der Waals surface area contributed by atoms with Crippen molar-refractivity contribution in [1.29, 1.82) is 0 Å². The van der Waals surface area contributed by atoms with Gasteiger partial charge in [-0.3, -0.25) is 9.48 Å². The summed E-state index contributed by atoms with van der Waals surface area (Å²) in [5.41, 5.74) is 1.11. The average molecular weight is 281 g/mol. The monoisotopic (exact) mass is 281 g/mol. The molecule has 0 spiro atoms. The van der Waals surface area contributed by atoms with E-state index >= 15 is 0 Å². The Balaban J connectivity index is 2.77. The predicted molar refractivity (Wildman–Crippen MR) is 75.9 cm³/mol. The molecule has 1 amide bonds. The summed E-state index contributed by atoms with van der Waals surface area (Å²) < 4.78 is 1.48. The minimum Gasteiger partial charge on any atom is -0.478 e. The Morgan fingerprint density at radius 2 is 2.00 bits per heavy atom. The fourth-order valence-electron chi connectivity index (χ4n) is 2.19. The molecule has 1 unspecified atom stereocenters. The molecule has 20 heavy (non-hydrogen) atoms. The van der Waals surface area contributed by atoms with Gasteiger partial charge in [0.05, 0.1) is 11.4 Å². The third kappa shape index (κ3) is 3.59. The quantitative estimate of drug-likeness (QED) is 0.749. The Kier molecular flexibility index (Phi) is 5.73. The zero-order valence-corrected chi connectivity index (χ0v) is 12.6. The van der Waals surface area contributed by atoms with Gasteiger partial charge < -0.3 is 10.4 Å². The first-order valence-corrected chi connectivity index (χ1v) is 6.96. The number of unbranched alkanes of at least 4 members (excludes halogenated alkanes) is 2. The van der Waals surface area contributed by atoms with Crippen molar-refractivity contribution in [3.63, 3.8) is 0 Å². The van der Waals surface area contributed by atoms with Crippen LogP contribution in [0.5, 0.6) is 0 Å². The Morgan fingerprint density at radius 1 is 1.35 bits per heavy atom. The number of carbonyl (C=O) groups excluding carboxylic acids is 1. The molecular formula is C14H23N3O3. The van der Waals surface area contributed by atoms with Crippen LogP contribution >= 0.6 is 0 Å². The van der Waals surface area contributed by atoms with E-state index in [9.17, 15) is 9.59 Å². The number of hydrogen-bond donors (Lipinski definition) is 2. The molecule has 1 rings (SSSR count). The number of carboxylic acids is 1. The summed E-state index contributed by atoms with van der Waals surface area (Å²) in [4.78, 5) is 23.2. The summed E-state index contributed by atoms with van der Waals surface area (Å²) in [5, 5.41) is 16.2. The fraction of sp³-hybridized carbons (Fsp3) is 0.643. The molecule has 6 heteroatoms. The van der Waals surface area contributed by atoms with Gasteiger partial charge in [-0.15, -0.1) is 0 Å². The maximum Gasteiger partial charge on any atom is 0.339 e. The Bertz CT molecular complexity index is 494. The van der Waals surface area contributed by atoms with Crippen LogP contribution in [-0.4, -0.2) is 33.3 Å². The minimum atomic E-state index is -1.01. The molecule has 1 aromatic heterocycles. The van der Waals surface area contributed by atoms with Crippen LogP contribution in [0.2, 0.25) is 0 Å². The van der Waals surface area contributed by atoms with Gasteiger partial charge in [-0.1, -0.05) is 19.8 Å². The van der Waals surface area contributed by atoms with Crippen molar-refractivity contribution in [3.05, 3.63) is 17.0 Å². The molecular weight excluding hydrogens is 258 g/mol. The van der Waals surface area contributed by atoms with Crippen molar-refractivity contribution >= 4 is 11.9 Å². The first-order chi connectivity index (χ1) is 9.40. The fourth-order valence-corrected chi connectivity index (χ4v) is 2.19. The lowest BCUT2D eigenvalue weighted by Crippen LogP contribution is -2.32. The van der Waals surface area contributed by atoms with Gasteiger partial charge >= 0.3 is 5.97 Å². The van der Waals surface area contributed by atoms with E-state index in [1.807, 2.05) is 0 Å². The number of nitrogens with zero attached hydrogens (tertiary/aromatic N) is 2. The van der Waals surface area contributed by atoms with E-state index < -0.39 is 12.0 Å². The van der Waals surface area contributed by atoms with Gasteiger partial charge in [0.25, 0.3) is 0 Å². The first kappa shape index (κ1) is 16.2. The van der Waals surface area contributed by atoms with Crippen LogP contribution in [0, 0.1) is 13.8 Å². The van der Waals surface area contributed by atoms with Crippen LogP contribution in [0.25, 0.3) is 0 Å². The summed E-state index contributed by atoms with van der Waals surface area (Å²) in [6.45, 7) is 7.78. The van der Waals surface area contributed by atoms with Crippen molar-refractivity contribution in [3.8, 4) is 0 Å². The Labute approximate surface area is 119 Å². The maximum absolute atomic E-state index is 12.0. The van der Waals surface area contributed by atoms with Crippen molar-refractivity contribution in [1.82, 2.24) is 15.1 Å². The molecule has 0 saturated carbocycles. The van der Waals surface area contributed by atoms with E-state index in [-0.39, 0.29) is 11.5 Å². The van der Waals surface area contributed by atoms with Gasteiger partial charge in [0, 0.05) is 6.54 Å². The number of carboxylic acid groups (broad SMARTS) is 1. The summed E-state index contributed by atoms with van der Waals surface area (Å²) in [6, 6.07) is -0.511. The largest absolute Gasteiger partial charge is 0.478 e. The highest BCUT2D eigenvalue weighted by atomic mass is 16.4. The zero-order chi connectivity index (χ0) is 15.3. The molecule has 0 bridgehead atoms. The molecule has 0 fully saturated rings. The lowest BCUT2D eigenvalue weighted by atomic mass is 10.2. The highest BCUT2D eigenvalue weighted by Crippen LogP contribution is 2.17. The van der Waals surface area contributed by atoms with Gasteiger partial charge in [-0.05, 0) is 27.2 Å². The Morgan fingerprint density at radius 3 is 2.50 bits per heavy atom. The number of amides is 1. The Hall–Kier alpha value is -1.85. The molecule has 1 atom stereocenters. The molecule has 0 radical (unpaired) electrons. The van der Waals surface area contributed by atoms with E-state index in [4.69, 9.17) is 5.11 Å². The van der Waals surface area contributed by atoms with Gasteiger partial charge in [-0.2, -0.15) is 5.10 Å². The maximum atomic E-state index is 12.0. The van der Waals surface area contributed by atoms with Crippen LogP contribution in [-0.2, 0) is 4.79 Å². The lowest BCUT2D eigenvalue weighted by molar-refractivity contribution is -0.124. The number of nitrogens with one attached hydrogen (secondary N) is 1. The number of rotatable bonds is 7. The van der Waals surface area contributed by atoms with Crippen LogP contribution in [0.4, 0.5) is 0 Å². The normalized spacial score (nSPS) is 12.2. The second-order valence-corrected chi connectivity index (χ2v) is 4.97. The number of aryl methyl sites for hydroxylation is 1. The molecule has 0 saturated heterocycles. The zero-order valence-electron chi connectivity index (χ0n) is 12.6. The minimum absolute atomic E-state index is 0.136. The van der Waals surface area contributed by atoms with Gasteiger partial charge in [0.1, 0.15) is 11.6 Å².